The number of anilines is 1. The number of benzene rings is 3. The highest BCUT2D eigenvalue weighted by Crippen LogP contribution is 2.30. The minimum Gasteiger partial charge on any atom is -0.314 e. The third-order valence-electron chi connectivity index (χ3n) is 6.48. The number of hydrogen-bond acceptors (Lipinski definition) is 3. The van der Waals surface area contributed by atoms with E-state index in [1.165, 1.54) is 12.1 Å². The fraction of sp³-hybridized carbons (Fsp3) is 0.276. The van der Waals surface area contributed by atoms with Crippen molar-refractivity contribution in [3.63, 3.8) is 0 Å². The predicted octanol–water partition coefficient (Wildman–Crippen LogP) is 6.66. The molecule has 0 saturated carbocycles. The third kappa shape index (κ3) is 5.88. The molecule has 0 aliphatic rings. The van der Waals surface area contributed by atoms with E-state index in [1.807, 2.05) is 44.2 Å². The second kappa shape index (κ2) is 11.5. The number of para-hydroxylation sites is 1. The Balaban J connectivity index is 1.72. The van der Waals surface area contributed by atoms with E-state index in [1.54, 1.807) is 33.7 Å². The topological polar surface area (TPSA) is 67.2 Å². The van der Waals surface area contributed by atoms with Crippen molar-refractivity contribution in [2.45, 2.75) is 45.5 Å². The average Bonchev–Trinajstić information content (AvgIpc) is 2.91. The first kappa shape index (κ1) is 26.9. The van der Waals surface area contributed by atoms with Gasteiger partial charge in [0.1, 0.15) is 5.82 Å². The Morgan fingerprint density at radius 3 is 2.26 bits per heavy atom. The van der Waals surface area contributed by atoms with Crippen LogP contribution < -0.4 is 10.9 Å². The van der Waals surface area contributed by atoms with Crippen molar-refractivity contribution in [3.05, 3.63) is 106 Å². The second-order valence-electron chi connectivity index (χ2n) is 8.89. The van der Waals surface area contributed by atoms with Crippen LogP contribution in [0.25, 0.3) is 10.9 Å². The number of carbonyl (C=O) groups is 1. The molecule has 198 valence electrons. The number of fused-ring (bicyclic) bond motifs is 1. The largest absolute Gasteiger partial charge is 0.416 e. The highest BCUT2D eigenvalue weighted by atomic mass is 19.4. The summed E-state index contributed by atoms with van der Waals surface area (Å²) in [6, 6.07) is 20.0. The Bertz CT molecular complexity index is 1450. The number of urea groups is 1. The zero-order valence-electron chi connectivity index (χ0n) is 21.2. The molecule has 0 aliphatic carbocycles. The molecule has 4 aromatic rings. The van der Waals surface area contributed by atoms with Gasteiger partial charge >= 0.3 is 12.2 Å². The Kier molecular flexibility index (Phi) is 8.14. The van der Waals surface area contributed by atoms with Crippen LogP contribution in [0, 0.1) is 0 Å². The molecule has 0 aliphatic heterocycles. The number of hydrogen-bond donors (Lipinski definition) is 1. The molecule has 0 spiro atoms. The summed E-state index contributed by atoms with van der Waals surface area (Å²) < 4.78 is 40.6. The maximum absolute atomic E-state index is 13.6. The summed E-state index contributed by atoms with van der Waals surface area (Å²) in [5, 5.41) is 3.23. The lowest BCUT2D eigenvalue weighted by Gasteiger charge is -2.32. The molecule has 1 N–H and O–H groups in total. The van der Waals surface area contributed by atoms with E-state index in [9.17, 15) is 22.8 Å². The number of halogens is 3. The maximum atomic E-state index is 13.6. The van der Waals surface area contributed by atoms with Crippen molar-refractivity contribution >= 4 is 22.6 Å². The molecular formula is C29H29F3N4O2. The van der Waals surface area contributed by atoms with Crippen LogP contribution in [-0.2, 0) is 19.1 Å². The van der Waals surface area contributed by atoms with Crippen molar-refractivity contribution < 1.29 is 18.0 Å². The predicted molar refractivity (Wildman–Crippen MR) is 142 cm³/mol. The van der Waals surface area contributed by atoms with E-state index in [-0.39, 0.29) is 11.2 Å². The van der Waals surface area contributed by atoms with Gasteiger partial charge in [-0.1, -0.05) is 49.4 Å². The summed E-state index contributed by atoms with van der Waals surface area (Å²) in [5.41, 5.74) is 0.825. The van der Waals surface area contributed by atoms with Crippen molar-refractivity contribution in [1.82, 2.24) is 14.5 Å². The lowest BCUT2D eigenvalue weighted by Crippen LogP contribution is -2.42. The van der Waals surface area contributed by atoms with Crippen LogP contribution >= 0.6 is 0 Å². The smallest absolute Gasteiger partial charge is 0.314 e. The molecule has 0 saturated heterocycles. The van der Waals surface area contributed by atoms with E-state index < -0.39 is 23.8 Å². The highest BCUT2D eigenvalue weighted by Gasteiger charge is 2.31. The van der Waals surface area contributed by atoms with Crippen LogP contribution in [0.1, 0.15) is 43.3 Å². The van der Waals surface area contributed by atoms with E-state index in [0.717, 1.165) is 17.7 Å². The van der Waals surface area contributed by atoms with Gasteiger partial charge in [-0.15, -0.1) is 0 Å². The van der Waals surface area contributed by atoms with Crippen LogP contribution in [0.2, 0.25) is 0 Å². The summed E-state index contributed by atoms with van der Waals surface area (Å²) in [6.45, 7) is 4.44. The van der Waals surface area contributed by atoms with E-state index in [0.29, 0.717) is 42.7 Å². The normalized spacial score (nSPS) is 12.3. The molecule has 2 amide bonds. The van der Waals surface area contributed by atoms with Crippen LogP contribution in [0.5, 0.6) is 0 Å². The maximum Gasteiger partial charge on any atom is 0.416 e. The van der Waals surface area contributed by atoms with Gasteiger partial charge in [0, 0.05) is 18.8 Å². The molecule has 1 unspecified atom stereocenters. The molecular weight excluding hydrogens is 493 g/mol. The van der Waals surface area contributed by atoms with Crippen molar-refractivity contribution in [2.75, 3.05) is 11.9 Å². The van der Waals surface area contributed by atoms with E-state index in [4.69, 9.17) is 4.98 Å². The number of alkyl halides is 3. The van der Waals surface area contributed by atoms with Crippen molar-refractivity contribution in [1.29, 1.82) is 0 Å². The van der Waals surface area contributed by atoms with Gasteiger partial charge in [0.15, 0.2) is 0 Å². The molecule has 38 heavy (non-hydrogen) atoms. The first-order valence-corrected chi connectivity index (χ1v) is 12.5. The molecule has 6 nitrogen and oxygen atoms in total. The zero-order valence-corrected chi connectivity index (χ0v) is 21.2. The summed E-state index contributed by atoms with van der Waals surface area (Å²) >= 11 is 0. The monoisotopic (exact) mass is 522 g/mol. The number of aromatic nitrogens is 2. The van der Waals surface area contributed by atoms with Gasteiger partial charge in [0.05, 0.1) is 22.5 Å². The quantitative estimate of drug-likeness (QED) is 0.281. The van der Waals surface area contributed by atoms with Gasteiger partial charge in [0.25, 0.3) is 5.56 Å². The Morgan fingerprint density at radius 1 is 0.974 bits per heavy atom. The first-order valence-electron chi connectivity index (χ1n) is 12.5. The van der Waals surface area contributed by atoms with Crippen LogP contribution in [0.15, 0.2) is 83.7 Å². The summed E-state index contributed by atoms with van der Waals surface area (Å²) in [6.07, 6.45) is -3.45. The van der Waals surface area contributed by atoms with Crippen LogP contribution in [0.3, 0.4) is 0 Å². The number of rotatable bonds is 8. The number of nitrogens with zero attached hydrogens (tertiary/aromatic N) is 3. The fourth-order valence-corrected chi connectivity index (χ4v) is 4.52. The first-order chi connectivity index (χ1) is 18.2. The van der Waals surface area contributed by atoms with E-state index in [2.05, 4.69) is 5.32 Å². The minimum atomic E-state index is -4.47. The molecule has 4 rings (SSSR count). The summed E-state index contributed by atoms with van der Waals surface area (Å²) in [5.74, 6) is 0.467. The molecule has 0 fully saturated rings. The molecule has 3 aromatic carbocycles. The van der Waals surface area contributed by atoms with Gasteiger partial charge in [-0.3, -0.25) is 9.36 Å². The van der Waals surface area contributed by atoms with Gasteiger partial charge in [0.2, 0.25) is 0 Å². The lowest BCUT2D eigenvalue weighted by atomic mass is 10.1. The molecule has 1 heterocycles. The number of amides is 2. The van der Waals surface area contributed by atoms with E-state index >= 15 is 0 Å². The third-order valence-corrected chi connectivity index (χ3v) is 6.48. The molecule has 0 bridgehead atoms. The number of carbonyl (C=O) groups excluding carboxylic acids is 1. The molecule has 0 radical (unpaired) electrons. The van der Waals surface area contributed by atoms with Gasteiger partial charge < -0.3 is 10.2 Å². The standard InChI is InChI=1S/C29H29F3N4O2/c1-3-25(26-34-24-13-9-8-12-23(24)27(37)35(26)4-2)36(19-18-20-10-6-5-7-11-20)28(38)33-22-16-14-21(15-17-22)29(30,31)32/h5-17,25H,3-4,18-19H2,1-2H3,(H,33,38). The van der Waals surface area contributed by atoms with Gasteiger partial charge in [-0.2, -0.15) is 13.2 Å². The van der Waals surface area contributed by atoms with Crippen LogP contribution in [0.4, 0.5) is 23.7 Å². The minimum absolute atomic E-state index is 0.183. The summed E-state index contributed by atoms with van der Waals surface area (Å²) in [4.78, 5) is 33.3. The second-order valence-corrected chi connectivity index (χ2v) is 8.89. The lowest BCUT2D eigenvalue weighted by molar-refractivity contribution is -0.137. The number of nitrogens with one attached hydrogen (secondary N) is 1. The van der Waals surface area contributed by atoms with Crippen molar-refractivity contribution in [2.24, 2.45) is 0 Å². The Morgan fingerprint density at radius 2 is 1.63 bits per heavy atom. The zero-order chi connectivity index (χ0) is 27.3. The Labute approximate surface area is 218 Å². The molecule has 9 heteroatoms. The van der Waals surface area contributed by atoms with Crippen LogP contribution in [-0.4, -0.2) is 27.0 Å². The fourth-order valence-electron chi connectivity index (χ4n) is 4.52. The SMILES string of the molecule is CCC(c1nc2ccccc2c(=O)n1CC)N(CCc1ccccc1)C(=O)Nc1ccc(C(F)(F)F)cc1. The van der Waals surface area contributed by atoms with Gasteiger partial charge in [-0.05, 0) is 61.7 Å². The highest BCUT2D eigenvalue weighted by molar-refractivity contribution is 5.89. The van der Waals surface area contributed by atoms with Gasteiger partial charge in [-0.25, -0.2) is 9.78 Å². The van der Waals surface area contributed by atoms with Crippen molar-refractivity contribution in [3.8, 4) is 0 Å². The molecule has 1 aromatic heterocycles. The summed E-state index contributed by atoms with van der Waals surface area (Å²) in [7, 11) is 0. The average molecular weight is 523 g/mol. The Hall–Kier alpha value is -4.14. The molecule has 1 atom stereocenters.